The van der Waals surface area contributed by atoms with Gasteiger partial charge >= 0.3 is 0 Å². The zero-order chi connectivity index (χ0) is 15.2. The Labute approximate surface area is 126 Å². The summed E-state index contributed by atoms with van der Waals surface area (Å²) >= 11 is 4.59. The summed E-state index contributed by atoms with van der Waals surface area (Å²) in [5.41, 5.74) is 6.10. The quantitative estimate of drug-likeness (QED) is 0.851. The summed E-state index contributed by atoms with van der Waals surface area (Å²) in [4.78, 5) is 11.6. The Morgan fingerprint density at radius 1 is 1.19 bits per heavy atom. The van der Waals surface area contributed by atoms with Gasteiger partial charge in [0.25, 0.3) is 5.91 Å². The lowest BCUT2D eigenvalue weighted by Gasteiger charge is -2.08. The van der Waals surface area contributed by atoms with E-state index in [1.54, 1.807) is 42.5 Å². The second-order valence-corrected chi connectivity index (χ2v) is 4.66. The molecule has 0 heterocycles. The standard InChI is InChI=1S/C15H13FN2O2S/c16-13-4-2-1-3-11(13)9-20-12-7-5-10(6-8-12)14(19)18-15(17)21/h1-8H,9H2,(H3,17,18,19,21). The van der Waals surface area contributed by atoms with Gasteiger partial charge in [0.05, 0.1) is 0 Å². The Hall–Kier alpha value is -2.47. The average Bonchev–Trinajstić information content (AvgIpc) is 2.46. The van der Waals surface area contributed by atoms with Gasteiger partial charge in [0.1, 0.15) is 18.2 Å². The highest BCUT2D eigenvalue weighted by molar-refractivity contribution is 7.80. The highest BCUT2D eigenvalue weighted by Gasteiger charge is 2.06. The minimum absolute atomic E-state index is 0.0834. The fourth-order valence-electron chi connectivity index (χ4n) is 1.66. The molecule has 4 nitrogen and oxygen atoms in total. The largest absolute Gasteiger partial charge is 0.489 e. The lowest BCUT2D eigenvalue weighted by Crippen LogP contribution is -2.34. The van der Waals surface area contributed by atoms with Crippen molar-refractivity contribution in [1.82, 2.24) is 5.32 Å². The summed E-state index contributed by atoms with van der Waals surface area (Å²) in [6, 6.07) is 12.8. The average molecular weight is 304 g/mol. The van der Waals surface area contributed by atoms with Gasteiger partial charge in [0.15, 0.2) is 5.11 Å². The molecular formula is C15H13FN2O2S. The van der Waals surface area contributed by atoms with Crippen molar-refractivity contribution in [3.63, 3.8) is 0 Å². The van der Waals surface area contributed by atoms with Crippen molar-refractivity contribution >= 4 is 23.2 Å². The number of amides is 1. The Balaban J connectivity index is 1.98. The van der Waals surface area contributed by atoms with E-state index in [9.17, 15) is 9.18 Å². The molecule has 0 saturated carbocycles. The molecule has 21 heavy (non-hydrogen) atoms. The van der Waals surface area contributed by atoms with Crippen molar-refractivity contribution in [1.29, 1.82) is 0 Å². The van der Waals surface area contributed by atoms with Gasteiger partial charge in [-0.15, -0.1) is 0 Å². The number of nitrogens with one attached hydrogen (secondary N) is 1. The molecule has 0 spiro atoms. The summed E-state index contributed by atoms with van der Waals surface area (Å²) in [5, 5.41) is 2.24. The first-order chi connectivity index (χ1) is 10.1. The second-order valence-electron chi connectivity index (χ2n) is 4.22. The van der Waals surface area contributed by atoms with Crippen LogP contribution in [0.3, 0.4) is 0 Å². The third-order valence-electron chi connectivity index (χ3n) is 2.71. The lowest BCUT2D eigenvalue weighted by atomic mass is 10.2. The molecule has 0 radical (unpaired) electrons. The Bertz CT molecular complexity index is 659. The molecule has 108 valence electrons. The van der Waals surface area contributed by atoms with Crippen molar-refractivity contribution in [2.45, 2.75) is 6.61 Å². The van der Waals surface area contributed by atoms with E-state index in [1.165, 1.54) is 6.07 Å². The summed E-state index contributed by atoms with van der Waals surface area (Å²) in [6.45, 7) is 0.116. The first kappa shape index (κ1) is 14.9. The zero-order valence-corrected chi connectivity index (χ0v) is 11.8. The maximum absolute atomic E-state index is 13.4. The van der Waals surface area contributed by atoms with Crippen LogP contribution in [0.5, 0.6) is 5.75 Å². The van der Waals surface area contributed by atoms with Crippen LogP contribution in [0.1, 0.15) is 15.9 Å². The molecule has 0 aromatic heterocycles. The van der Waals surface area contributed by atoms with Gasteiger partial charge < -0.3 is 10.5 Å². The van der Waals surface area contributed by atoms with Crippen LogP contribution in [0.4, 0.5) is 4.39 Å². The number of thiocarbonyl (C=S) groups is 1. The third-order valence-corrected chi connectivity index (χ3v) is 2.81. The van der Waals surface area contributed by atoms with Gasteiger partial charge in [0.2, 0.25) is 0 Å². The van der Waals surface area contributed by atoms with Gasteiger partial charge in [-0.1, -0.05) is 18.2 Å². The number of hydrogen-bond acceptors (Lipinski definition) is 3. The fourth-order valence-corrected chi connectivity index (χ4v) is 1.76. The minimum Gasteiger partial charge on any atom is -0.489 e. The Kier molecular flexibility index (Phi) is 4.84. The number of rotatable bonds is 4. The smallest absolute Gasteiger partial charge is 0.257 e. The molecule has 3 N–H and O–H groups in total. The second kappa shape index (κ2) is 6.81. The number of halogens is 1. The molecule has 6 heteroatoms. The van der Waals surface area contributed by atoms with Crippen molar-refractivity contribution in [3.8, 4) is 5.75 Å². The molecule has 0 bridgehead atoms. The van der Waals surface area contributed by atoms with Crippen LogP contribution in [0.15, 0.2) is 48.5 Å². The topological polar surface area (TPSA) is 64.3 Å². The Morgan fingerprint density at radius 2 is 1.86 bits per heavy atom. The molecule has 0 atom stereocenters. The molecule has 0 saturated heterocycles. The number of carbonyl (C=O) groups is 1. The molecular weight excluding hydrogens is 291 g/mol. The van der Waals surface area contributed by atoms with E-state index in [2.05, 4.69) is 17.5 Å². The van der Waals surface area contributed by atoms with Crippen LogP contribution in [-0.2, 0) is 6.61 Å². The van der Waals surface area contributed by atoms with Crippen molar-refractivity contribution in [2.24, 2.45) is 5.73 Å². The zero-order valence-electron chi connectivity index (χ0n) is 11.0. The van der Waals surface area contributed by atoms with E-state index < -0.39 is 0 Å². The molecule has 0 aliphatic rings. The Morgan fingerprint density at radius 3 is 2.48 bits per heavy atom. The first-order valence-electron chi connectivity index (χ1n) is 6.13. The summed E-state index contributed by atoms with van der Waals surface area (Å²) in [5.74, 6) is -0.168. The molecule has 0 unspecified atom stereocenters. The van der Waals surface area contributed by atoms with Crippen LogP contribution < -0.4 is 15.8 Å². The van der Waals surface area contributed by atoms with Crippen molar-refractivity contribution < 1.29 is 13.9 Å². The number of hydrogen-bond donors (Lipinski definition) is 2. The van der Waals surface area contributed by atoms with Crippen LogP contribution in [0.25, 0.3) is 0 Å². The van der Waals surface area contributed by atoms with E-state index >= 15 is 0 Å². The van der Waals surface area contributed by atoms with Gasteiger partial charge in [-0.2, -0.15) is 0 Å². The van der Waals surface area contributed by atoms with Gasteiger partial charge in [0, 0.05) is 11.1 Å². The third kappa shape index (κ3) is 4.25. The van der Waals surface area contributed by atoms with E-state index in [0.717, 1.165) is 0 Å². The fraction of sp³-hybridized carbons (Fsp3) is 0.0667. The number of ether oxygens (including phenoxy) is 1. The van der Waals surface area contributed by atoms with Crippen LogP contribution in [0.2, 0.25) is 0 Å². The van der Waals surface area contributed by atoms with Crippen LogP contribution in [-0.4, -0.2) is 11.0 Å². The summed E-state index contributed by atoms with van der Waals surface area (Å²) < 4.78 is 18.9. The van der Waals surface area contributed by atoms with Crippen LogP contribution >= 0.6 is 12.2 Å². The molecule has 0 fully saturated rings. The molecule has 2 aromatic rings. The van der Waals surface area contributed by atoms with E-state index in [-0.39, 0.29) is 23.4 Å². The monoisotopic (exact) mass is 304 g/mol. The minimum atomic E-state index is -0.386. The van der Waals surface area contributed by atoms with Gasteiger partial charge in [-0.05, 0) is 42.5 Å². The molecule has 0 aliphatic carbocycles. The first-order valence-corrected chi connectivity index (χ1v) is 6.54. The number of carbonyl (C=O) groups excluding carboxylic acids is 1. The number of nitrogens with two attached hydrogens (primary N) is 1. The molecule has 2 aromatic carbocycles. The van der Waals surface area contributed by atoms with Crippen molar-refractivity contribution in [2.75, 3.05) is 0 Å². The summed E-state index contributed by atoms with van der Waals surface area (Å²) in [6.07, 6.45) is 0. The van der Waals surface area contributed by atoms with E-state index in [1.807, 2.05) is 0 Å². The maximum Gasteiger partial charge on any atom is 0.257 e. The SMILES string of the molecule is NC(=S)NC(=O)c1ccc(OCc2ccccc2F)cc1. The lowest BCUT2D eigenvalue weighted by molar-refractivity contribution is 0.0977. The maximum atomic E-state index is 13.4. The van der Waals surface area contributed by atoms with E-state index in [0.29, 0.717) is 16.9 Å². The van der Waals surface area contributed by atoms with Gasteiger partial charge in [-0.3, -0.25) is 10.1 Å². The highest BCUT2D eigenvalue weighted by Crippen LogP contribution is 2.15. The van der Waals surface area contributed by atoms with Crippen molar-refractivity contribution in [3.05, 3.63) is 65.5 Å². The highest BCUT2D eigenvalue weighted by atomic mass is 32.1. The van der Waals surface area contributed by atoms with Gasteiger partial charge in [-0.25, -0.2) is 4.39 Å². The molecule has 1 amide bonds. The predicted molar refractivity (Wildman–Crippen MR) is 81.4 cm³/mol. The predicted octanol–water partition coefficient (Wildman–Crippen LogP) is 2.38. The number of benzene rings is 2. The summed E-state index contributed by atoms with van der Waals surface area (Å²) in [7, 11) is 0. The molecule has 2 rings (SSSR count). The van der Waals surface area contributed by atoms with E-state index in [4.69, 9.17) is 10.5 Å². The normalized spacial score (nSPS) is 9.95. The molecule has 0 aliphatic heterocycles. The van der Waals surface area contributed by atoms with Crippen LogP contribution in [0, 0.1) is 5.82 Å².